The van der Waals surface area contributed by atoms with Crippen LogP contribution in [0.5, 0.6) is 0 Å². The minimum absolute atomic E-state index is 0.106. The van der Waals surface area contributed by atoms with Crippen molar-refractivity contribution in [2.75, 3.05) is 26.2 Å². The number of carbonyl (C=O) groups is 2. The van der Waals surface area contributed by atoms with Crippen molar-refractivity contribution in [2.45, 2.75) is 45.6 Å². The molecule has 0 aromatic carbocycles. The van der Waals surface area contributed by atoms with Crippen LogP contribution in [0.25, 0.3) is 0 Å². The zero-order valence-electron chi connectivity index (χ0n) is 12.5. The van der Waals surface area contributed by atoms with Crippen molar-refractivity contribution < 1.29 is 14.7 Å². The second-order valence-corrected chi connectivity index (χ2v) is 6.26. The first-order chi connectivity index (χ1) is 9.50. The fourth-order valence-corrected chi connectivity index (χ4v) is 3.09. The standard InChI is InChI=1S/C15H26N2O3/c1-11(15(19)20)13-9-17(10-13)12(2)14(18)16-7-5-3-4-6-8-16/h11-13H,3-10H2,1-2H3,(H,19,20). The maximum atomic E-state index is 12.5. The number of carbonyl (C=O) groups excluding carboxylic acids is 1. The Morgan fingerprint density at radius 2 is 1.60 bits per heavy atom. The van der Waals surface area contributed by atoms with Crippen molar-refractivity contribution in [1.82, 2.24) is 9.80 Å². The first-order valence-corrected chi connectivity index (χ1v) is 7.76. The van der Waals surface area contributed by atoms with Crippen LogP contribution in [0.2, 0.25) is 0 Å². The van der Waals surface area contributed by atoms with Crippen LogP contribution in [0.15, 0.2) is 0 Å². The monoisotopic (exact) mass is 282 g/mol. The van der Waals surface area contributed by atoms with Gasteiger partial charge in [-0.1, -0.05) is 19.8 Å². The maximum absolute atomic E-state index is 12.5. The number of carboxylic acid groups (broad SMARTS) is 1. The second kappa shape index (κ2) is 6.57. The van der Waals surface area contributed by atoms with E-state index in [9.17, 15) is 9.59 Å². The zero-order valence-corrected chi connectivity index (χ0v) is 12.5. The minimum atomic E-state index is -0.735. The molecule has 2 atom stereocenters. The van der Waals surface area contributed by atoms with Gasteiger partial charge in [0, 0.05) is 26.2 Å². The fourth-order valence-electron chi connectivity index (χ4n) is 3.09. The van der Waals surface area contributed by atoms with Crippen LogP contribution in [0, 0.1) is 11.8 Å². The van der Waals surface area contributed by atoms with Crippen LogP contribution in [0.3, 0.4) is 0 Å². The summed E-state index contributed by atoms with van der Waals surface area (Å²) in [5, 5.41) is 8.99. The molecule has 2 fully saturated rings. The summed E-state index contributed by atoms with van der Waals surface area (Å²) in [6.45, 7) is 6.93. The first kappa shape index (κ1) is 15.3. The van der Waals surface area contributed by atoms with Crippen molar-refractivity contribution in [3.8, 4) is 0 Å². The van der Waals surface area contributed by atoms with Gasteiger partial charge in [-0.15, -0.1) is 0 Å². The molecule has 0 saturated carbocycles. The van der Waals surface area contributed by atoms with Crippen LogP contribution < -0.4 is 0 Å². The molecule has 2 rings (SSSR count). The van der Waals surface area contributed by atoms with Crippen molar-refractivity contribution in [1.29, 1.82) is 0 Å². The van der Waals surface area contributed by atoms with Crippen molar-refractivity contribution in [3.05, 3.63) is 0 Å². The van der Waals surface area contributed by atoms with Crippen LogP contribution in [-0.4, -0.2) is 59.0 Å². The molecular formula is C15H26N2O3. The molecule has 0 aliphatic carbocycles. The second-order valence-electron chi connectivity index (χ2n) is 6.26. The highest BCUT2D eigenvalue weighted by molar-refractivity contribution is 5.81. The summed E-state index contributed by atoms with van der Waals surface area (Å²) in [6, 6.07) is -0.106. The zero-order chi connectivity index (χ0) is 14.7. The van der Waals surface area contributed by atoms with Gasteiger partial charge in [-0.05, 0) is 25.7 Å². The summed E-state index contributed by atoms with van der Waals surface area (Å²) >= 11 is 0. The smallest absolute Gasteiger partial charge is 0.306 e. The van der Waals surface area contributed by atoms with Gasteiger partial charge in [-0.3, -0.25) is 14.5 Å². The lowest BCUT2D eigenvalue weighted by Crippen LogP contribution is -2.58. The van der Waals surface area contributed by atoms with Gasteiger partial charge < -0.3 is 10.0 Å². The molecule has 0 radical (unpaired) electrons. The highest BCUT2D eigenvalue weighted by Gasteiger charge is 2.39. The predicted octanol–water partition coefficient (Wildman–Crippen LogP) is 1.43. The first-order valence-electron chi connectivity index (χ1n) is 7.76. The number of carboxylic acids is 1. The van der Waals surface area contributed by atoms with Gasteiger partial charge >= 0.3 is 5.97 Å². The fraction of sp³-hybridized carbons (Fsp3) is 0.867. The van der Waals surface area contributed by atoms with Gasteiger partial charge in [0.2, 0.25) is 5.91 Å². The van der Waals surface area contributed by atoms with Gasteiger partial charge in [0.05, 0.1) is 12.0 Å². The molecule has 0 aromatic heterocycles. The molecule has 0 spiro atoms. The van der Waals surface area contributed by atoms with Crippen molar-refractivity contribution >= 4 is 11.9 Å². The van der Waals surface area contributed by atoms with Crippen molar-refractivity contribution in [2.24, 2.45) is 11.8 Å². The van der Waals surface area contributed by atoms with E-state index in [-0.39, 0.29) is 23.8 Å². The lowest BCUT2D eigenvalue weighted by atomic mass is 9.86. The molecule has 2 saturated heterocycles. The van der Waals surface area contributed by atoms with E-state index in [2.05, 4.69) is 4.90 Å². The molecule has 5 nitrogen and oxygen atoms in total. The normalized spacial score (nSPS) is 24.6. The van der Waals surface area contributed by atoms with E-state index in [4.69, 9.17) is 5.11 Å². The molecule has 2 heterocycles. The average molecular weight is 282 g/mol. The Bertz CT molecular complexity index is 358. The van der Waals surface area contributed by atoms with Gasteiger partial charge in [-0.2, -0.15) is 0 Å². The molecule has 1 amide bonds. The van der Waals surface area contributed by atoms with E-state index in [1.165, 1.54) is 12.8 Å². The topological polar surface area (TPSA) is 60.9 Å². The minimum Gasteiger partial charge on any atom is -0.481 e. The Morgan fingerprint density at radius 3 is 2.10 bits per heavy atom. The Hall–Kier alpha value is -1.10. The van der Waals surface area contributed by atoms with Gasteiger partial charge in [0.15, 0.2) is 0 Å². The Labute approximate surface area is 120 Å². The van der Waals surface area contributed by atoms with E-state index < -0.39 is 5.97 Å². The third-order valence-electron chi connectivity index (χ3n) is 4.86. The molecule has 20 heavy (non-hydrogen) atoms. The summed E-state index contributed by atoms with van der Waals surface area (Å²) < 4.78 is 0. The number of hydrogen-bond acceptors (Lipinski definition) is 3. The number of aliphatic carboxylic acids is 1. The largest absolute Gasteiger partial charge is 0.481 e. The van der Waals surface area contributed by atoms with E-state index >= 15 is 0 Å². The highest BCUT2D eigenvalue weighted by atomic mass is 16.4. The van der Waals surface area contributed by atoms with Crippen molar-refractivity contribution in [3.63, 3.8) is 0 Å². The Kier molecular flexibility index (Phi) is 5.02. The third kappa shape index (κ3) is 3.32. The van der Waals surface area contributed by atoms with E-state index in [0.29, 0.717) is 0 Å². The molecule has 2 aliphatic heterocycles. The molecule has 2 aliphatic rings. The molecule has 0 bridgehead atoms. The van der Waals surface area contributed by atoms with Crippen LogP contribution in [0.4, 0.5) is 0 Å². The lowest BCUT2D eigenvalue weighted by molar-refractivity contribution is -0.148. The summed E-state index contributed by atoms with van der Waals surface area (Å²) in [6.07, 6.45) is 4.66. The third-order valence-corrected chi connectivity index (χ3v) is 4.86. The van der Waals surface area contributed by atoms with Gasteiger partial charge in [0.1, 0.15) is 0 Å². The molecule has 0 aromatic rings. The van der Waals surface area contributed by atoms with Crippen LogP contribution >= 0.6 is 0 Å². The van der Waals surface area contributed by atoms with Gasteiger partial charge in [0.25, 0.3) is 0 Å². The summed E-state index contributed by atoms with van der Waals surface area (Å²) in [5.41, 5.74) is 0. The van der Waals surface area contributed by atoms with E-state index in [0.717, 1.165) is 39.0 Å². The molecule has 1 N–H and O–H groups in total. The number of amides is 1. The molecule has 114 valence electrons. The quantitative estimate of drug-likeness (QED) is 0.847. The van der Waals surface area contributed by atoms with E-state index in [1.807, 2.05) is 11.8 Å². The number of rotatable bonds is 4. The lowest BCUT2D eigenvalue weighted by Gasteiger charge is -2.45. The van der Waals surface area contributed by atoms with Crippen LogP contribution in [-0.2, 0) is 9.59 Å². The average Bonchev–Trinajstić information content (AvgIpc) is 2.64. The van der Waals surface area contributed by atoms with E-state index in [1.54, 1.807) is 6.92 Å². The predicted molar refractivity (Wildman–Crippen MR) is 76.4 cm³/mol. The summed E-state index contributed by atoms with van der Waals surface area (Å²) in [7, 11) is 0. The highest BCUT2D eigenvalue weighted by Crippen LogP contribution is 2.26. The van der Waals surface area contributed by atoms with Gasteiger partial charge in [-0.25, -0.2) is 0 Å². The molecular weight excluding hydrogens is 256 g/mol. The number of nitrogens with zero attached hydrogens (tertiary/aromatic N) is 2. The summed E-state index contributed by atoms with van der Waals surface area (Å²) in [4.78, 5) is 27.5. The van der Waals surface area contributed by atoms with Crippen LogP contribution in [0.1, 0.15) is 39.5 Å². The SMILES string of the molecule is CC(C(=O)O)C1CN(C(C)C(=O)N2CCCCCC2)C1. The number of likely N-dealkylation sites (tertiary alicyclic amines) is 2. The summed E-state index contributed by atoms with van der Waals surface area (Å²) in [5.74, 6) is -0.645. The molecule has 2 unspecified atom stereocenters. The number of hydrogen-bond donors (Lipinski definition) is 1. The molecule has 5 heteroatoms. The maximum Gasteiger partial charge on any atom is 0.306 e. The Morgan fingerprint density at radius 1 is 1.05 bits per heavy atom. The Balaban J connectivity index is 1.82.